The van der Waals surface area contributed by atoms with Crippen molar-refractivity contribution in [3.63, 3.8) is 0 Å². The second-order valence-corrected chi connectivity index (χ2v) is 7.62. The Balaban J connectivity index is 2.08. The van der Waals surface area contributed by atoms with E-state index in [0.717, 1.165) is 13.0 Å². The predicted octanol–water partition coefficient (Wildman–Crippen LogP) is 3.90. The lowest BCUT2D eigenvalue weighted by Crippen LogP contribution is -2.45. The zero-order chi connectivity index (χ0) is 25.7. The summed E-state index contributed by atoms with van der Waals surface area (Å²) >= 11 is 0. The van der Waals surface area contributed by atoms with Crippen molar-refractivity contribution in [3.8, 4) is 0 Å². The smallest absolute Gasteiger partial charge is 0.382 e. The van der Waals surface area contributed by atoms with Crippen molar-refractivity contribution in [2.45, 2.75) is 32.5 Å². The molecule has 184 valence electrons. The van der Waals surface area contributed by atoms with Gasteiger partial charge in [-0.3, -0.25) is 19.7 Å². The van der Waals surface area contributed by atoms with E-state index in [0.29, 0.717) is 36.5 Å². The third-order valence-corrected chi connectivity index (χ3v) is 5.06. The van der Waals surface area contributed by atoms with Gasteiger partial charge in [0.05, 0.1) is 11.5 Å². The second-order valence-electron chi connectivity index (χ2n) is 7.62. The van der Waals surface area contributed by atoms with Crippen molar-refractivity contribution in [2.24, 2.45) is 0 Å². The van der Waals surface area contributed by atoms with Crippen LogP contribution in [0, 0.1) is 10.1 Å². The van der Waals surface area contributed by atoms with Crippen LogP contribution < -0.4 is 10.6 Å². The number of amides is 2. The molecule has 0 saturated heterocycles. The molecule has 3 N–H and O–H groups in total. The number of alkyl halides is 3. The molecule has 1 atom stereocenters. The number of rotatable bonds is 9. The molecule has 2 rings (SSSR count). The van der Waals surface area contributed by atoms with E-state index in [9.17, 15) is 38.0 Å². The number of halogens is 3. The van der Waals surface area contributed by atoms with Crippen LogP contribution in [0.25, 0.3) is 0 Å². The average molecular weight is 482 g/mol. The Morgan fingerprint density at radius 3 is 2.12 bits per heavy atom. The first-order valence-electron chi connectivity index (χ1n) is 10.3. The first kappa shape index (κ1) is 26.6. The zero-order valence-electron chi connectivity index (χ0n) is 18.8. The maximum Gasteiger partial charge on any atom is 0.423 e. The molecule has 2 amide bonds. The van der Waals surface area contributed by atoms with Crippen molar-refractivity contribution >= 4 is 28.9 Å². The number of nitrogens with one attached hydrogen (secondary N) is 2. The molecule has 34 heavy (non-hydrogen) atoms. The molecule has 0 aliphatic heterocycles. The van der Waals surface area contributed by atoms with Crippen LogP contribution >= 0.6 is 0 Å². The highest BCUT2D eigenvalue weighted by Gasteiger charge is 2.39. The highest BCUT2D eigenvalue weighted by Crippen LogP contribution is 2.37. The Morgan fingerprint density at radius 2 is 1.62 bits per heavy atom. The van der Waals surface area contributed by atoms with E-state index in [1.165, 1.54) is 0 Å². The van der Waals surface area contributed by atoms with E-state index in [1.54, 1.807) is 29.2 Å². The SMILES string of the molecule is CCN(CC)C(=O)c1ccc(NCC(C)(O)C(=O)Nc2ccc([N+](=O)[O-])c(C(F)(F)F)c2)cc1. The molecule has 0 heterocycles. The van der Waals surface area contributed by atoms with E-state index < -0.39 is 33.9 Å². The molecule has 0 spiro atoms. The van der Waals surface area contributed by atoms with Crippen LogP contribution in [0.3, 0.4) is 0 Å². The highest BCUT2D eigenvalue weighted by molar-refractivity contribution is 5.97. The van der Waals surface area contributed by atoms with Gasteiger partial charge in [0.25, 0.3) is 17.5 Å². The van der Waals surface area contributed by atoms with Gasteiger partial charge in [-0.25, -0.2) is 0 Å². The summed E-state index contributed by atoms with van der Waals surface area (Å²) in [4.78, 5) is 36.1. The largest absolute Gasteiger partial charge is 0.423 e. The van der Waals surface area contributed by atoms with Gasteiger partial charge >= 0.3 is 6.18 Å². The number of hydrogen-bond acceptors (Lipinski definition) is 6. The summed E-state index contributed by atoms with van der Waals surface area (Å²) in [6.07, 6.45) is -5.01. The average Bonchev–Trinajstić information content (AvgIpc) is 2.78. The fourth-order valence-corrected chi connectivity index (χ4v) is 3.04. The molecule has 2 aromatic carbocycles. The number of nitrogens with zero attached hydrogens (tertiary/aromatic N) is 2. The molecule has 12 heteroatoms. The maximum absolute atomic E-state index is 13.1. The van der Waals surface area contributed by atoms with Gasteiger partial charge < -0.3 is 20.6 Å². The molecule has 0 saturated carbocycles. The molecule has 0 bridgehead atoms. The van der Waals surface area contributed by atoms with Crippen LogP contribution in [0.2, 0.25) is 0 Å². The van der Waals surface area contributed by atoms with Crippen LogP contribution in [0.1, 0.15) is 36.7 Å². The number of carbonyl (C=O) groups is 2. The molecule has 0 radical (unpaired) electrons. The lowest BCUT2D eigenvalue weighted by Gasteiger charge is -2.24. The lowest BCUT2D eigenvalue weighted by atomic mass is 10.0. The van der Waals surface area contributed by atoms with Crippen LogP contribution in [0.15, 0.2) is 42.5 Å². The van der Waals surface area contributed by atoms with E-state index in [2.05, 4.69) is 10.6 Å². The first-order valence-corrected chi connectivity index (χ1v) is 10.3. The number of anilines is 2. The van der Waals surface area contributed by atoms with Gasteiger partial charge in [-0.2, -0.15) is 13.2 Å². The number of nitro groups is 1. The van der Waals surface area contributed by atoms with E-state index in [1.807, 2.05) is 13.8 Å². The normalized spacial score (nSPS) is 13.0. The number of benzene rings is 2. The summed E-state index contributed by atoms with van der Waals surface area (Å²) in [5, 5.41) is 26.3. The Hall–Kier alpha value is -3.67. The minimum atomic E-state index is -5.01. The Labute approximate surface area is 193 Å². The van der Waals surface area contributed by atoms with Crippen LogP contribution in [-0.2, 0) is 11.0 Å². The van der Waals surface area contributed by atoms with E-state index in [-0.39, 0.29) is 18.1 Å². The molecule has 1 unspecified atom stereocenters. The van der Waals surface area contributed by atoms with Gasteiger partial charge in [0, 0.05) is 36.1 Å². The quantitative estimate of drug-likeness (QED) is 0.368. The summed E-state index contributed by atoms with van der Waals surface area (Å²) in [6.45, 7) is 5.71. The van der Waals surface area contributed by atoms with Gasteiger partial charge in [0.1, 0.15) is 5.56 Å². The summed E-state index contributed by atoms with van der Waals surface area (Å²) in [7, 11) is 0. The number of nitro benzene ring substituents is 1. The molecule has 0 aliphatic rings. The fourth-order valence-electron chi connectivity index (χ4n) is 3.04. The second kappa shape index (κ2) is 10.5. The van der Waals surface area contributed by atoms with Crippen LogP contribution in [0.5, 0.6) is 0 Å². The fraction of sp³-hybridized carbons (Fsp3) is 0.364. The summed E-state index contributed by atoms with van der Waals surface area (Å²) in [6, 6.07) is 8.38. The Bertz CT molecular complexity index is 1050. The van der Waals surface area contributed by atoms with Crippen molar-refractivity contribution < 1.29 is 32.8 Å². The van der Waals surface area contributed by atoms with Gasteiger partial charge in [-0.1, -0.05) is 0 Å². The number of aliphatic hydroxyl groups is 1. The van der Waals surface area contributed by atoms with Gasteiger partial charge in [-0.05, 0) is 57.2 Å². The number of hydrogen-bond donors (Lipinski definition) is 3. The molecule has 0 aromatic heterocycles. The van der Waals surface area contributed by atoms with Crippen LogP contribution in [0.4, 0.5) is 30.2 Å². The lowest BCUT2D eigenvalue weighted by molar-refractivity contribution is -0.388. The molecule has 9 nitrogen and oxygen atoms in total. The molecule has 0 fully saturated rings. The molecule has 0 aliphatic carbocycles. The van der Waals surface area contributed by atoms with E-state index in [4.69, 9.17) is 0 Å². The van der Waals surface area contributed by atoms with Gasteiger partial charge in [-0.15, -0.1) is 0 Å². The minimum absolute atomic E-state index is 0.135. The Morgan fingerprint density at radius 1 is 1.06 bits per heavy atom. The Kier molecular flexibility index (Phi) is 8.22. The predicted molar refractivity (Wildman–Crippen MR) is 120 cm³/mol. The monoisotopic (exact) mass is 482 g/mol. The third-order valence-electron chi connectivity index (χ3n) is 5.06. The van der Waals surface area contributed by atoms with Crippen molar-refractivity contribution in [1.82, 2.24) is 4.90 Å². The maximum atomic E-state index is 13.1. The summed E-state index contributed by atoms with van der Waals surface area (Å²) in [5.74, 6) is -1.15. The zero-order valence-corrected chi connectivity index (χ0v) is 18.8. The van der Waals surface area contributed by atoms with Crippen molar-refractivity contribution in [3.05, 3.63) is 63.7 Å². The standard InChI is InChI=1S/C22H25F3N4O5/c1-4-28(5-2)19(30)14-6-8-15(9-7-14)26-13-21(3,32)20(31)27-16-10-11-18(29(33)34)17(12-16)22(23,24)25/h6-12,26,32H,4-5,13H2,1-3H3,(H,27,31). The first-order chi connectivity index (χ1) is 15.8. The summed E-state index contributed by atoms with van der Waals surface area (Å²) in [5.41, 5.74) is -4.11. The topological polar surface area (TPSA) is 125 Å². The van der Waals surface area contributed by atoms with Crippen LogP contribution in [-0.4, -0.2) is 52.0 Å². The van der Waals surface area contributed by atoms with Crippen molar-refractivity contribution in [1.29, 1.82) is 0 Å². The van der Waals surface area contributed by atoms with Gasteiger partial charge in [0.15, 0.2) is 5.60 Å². The molecular weight excluding hydrogens is 457 g/mol. The molecule has 2 aromatic rings. The highest BCUT2D eigenvalue weighted by atomic mass is 19.4. The van der Waals surface area contributed by atoms with Gasteiger partial charge in [0.2, 0.25) is 0 Å². The summed E-state index contributed by atoms with van der Waals surface area (Å²) < 4.78 is 39.4. The molecular formula is C22H25F3N4O5. The van der Waals surface area contributed by atoms with Crippen molar-refractivity contribution in [2.75, 3.05) is 30.3 Å². The third kappa shape index (κ3) is 6.44. The van der Waals surface area contributed by atoms with E-state index >= 15 is 0 Å². The number of carbonyl (C=O) groups excluding carboxylic acids is 2. The minimum Gasteiger partial charge on any atom is -0.382 e.